The first kappa shape index (κ1) is 65.7. The topological polar surface area (TPSA) is 519 Å². The number of pyridine rings is 1. The van der Waals surface area contributed by atoms with Crippen molar-refractivity contribution >= 4 is 159 Å². The highest BCUT2D eigenvalue weighted by Crippen LogP contribution is 2.49. The maximum absolute atomic E-state index is 12.9. The fraction of sp³-hybridized carbons (Fsp3) is 0.205. The van der Waals surface area contributed by atoms with Crippen molar-refractivity contribution in [2.24, 2.45) is 30.7 Å². The summed E-state index contributed by atoms with van der Waals surface area (Å²) in [5.41, 5.74) is -1.65. The van der Waals surface area contributed by atoms with E-state index in [0.717, 1.165) is 18.2 Å². The maximum atomic E-state index is 12.9. The van der Waals surface area contributed by atoms with E-state index in [4.69, 9.17) is 19.8 Å². The number of non-ortho nitro benzene ring substituents is 1. The Morgan fingerprint density at radius 3 is 2.09 bits per heavy atom. The lowest BCUT2D eigenvalue weighted by molar-refractivity contribution is -0.432. The van der Waals surface area contributed by atoms with E-state index in [-0.39, 0.29) is 120 Å². The van der Waals surface area contributed by atoms with Crippen molar-refractivity contribution in [1.29, 1.82) is 5.26 Å². The molecule has 8 aromatic rings. The molecule has 0 radical (unpaired) electrons. The van der Waals surface area contributed by atoms with Gasteiger partial charge in [-0.3, -0.25) is 32.7 Å². The highest BCUT2D eigenvalue weighted by Gasteiger charge is 2.27. The number of azo groups is 3. The molecule has 0 fully saturated rings. The number of ether oxygens (including phenoxy) is 1. The van der Waals surface area contributed by atoms with E-state index in [1.807, 2.05) is 6.07 Å². The van der Waals surface area contributed by atoms with E-state index in [1.165, 1.54) is 36.6 Å². The summed E-state index contributed by atoms with van der Waals surface area (Å²) in [5, 5.41) is 95.1. The molecule has 5 aromatic carbocycles. The standard InChI is InChI=1S/C43H36N12O20S6.CH4O3S/c1-21-25(20-44)41-45-26-7-3-4-8-30(26)54(41)42(57)37(21)50-49-29-17-24-22(14-35(29)80(65,66)67)13-34(78-75-73-61)39(40(24)56)51-47-27-19-32(71-2)28(18-31(27)53(9-5-11-76-74-72-60)10-6-12-79(62,63)64)48-52-43-46-38-33(77-43)15-23(55(58)59)16-36(38)81(68,69)70;1-5(2,3)4/h3-4,7-8,13-19,56-57,60-61H,5-6,9-12H2,1-2H3,(H,62,63,64)(H,65,66,67)(H,68,69,70);1H3,(H,2,3,4). The molecular formula is C44H40N12O23S7. The summed E-state index contributed by atoms with van der Waals surface area (Å²) in [5.74, 6) is -2.01. The molecule has 0 aliphatic carbocycles. The Morgan fingerprint density at radius 1 is 0.802 bits per heavy atom. The van der Waals surface area contributed by atoms with Crippen LogP contribution in [0.3, 0.4) is 0 Å². The third-order valence-electron chi connectivity index (χ3n) is 11.5. The van der Waals surface area contributed by atoms with Gasteiger partial charge in [0.25, 0.3) is 46.2 Å². The number of anilines is 1. The number of benzene rings is 5. The van der Waals surface area contributed by atoms with E-state index in [9.17, 15) is 72.9 Å². The van der Waals surface area contributed by atoms with Gasteiger partial charge in [0.05, 0.1) is 62.4 Å². The largest absolute Gasteiger partial charge is 0.505 e. The van der Waals surface area contributed by atoms with Crippen molar-refractivity contribution in [3.8, 4) is 23.4 Å². The monoisotopic (exact) mass is 1330 g/mol. The van der Waals surface area contributed by atoms with Crippen LogP contribution in [0.1, 0.15) is 24.0 Å². The third kappa shape index (κ3) is 16.0. The normalized spacial score (nSPS) is 12.5. The van der Waals surface area contributed by atoms with Crippen molar-refractivity contribution < 1.29 is 101 Å². The number of nitro groups is 1. The minimum Gasteiger partial charge on any atom is -0.505 e. The first-order valence-corrected chi connectivity index (χ1v) is 32.0. The first-order valence-electron chi connectivity index (χ1n) is 23.2. The number of thiazole rings is 1. The molecule has 0 atom stereocenters. The Balaban J connectivity index is 0.00000203. The summed E-state index contributed by atoms with van der Waals surface area (Å²) in [6, 6.07) is 15.9. The molecule has 456 valence electrons. The predicted molar refractivity (Wildman–Crippen MR) is 304 cm³/mol. The zero-order valence-electron chi connectivity index (χ0n) is 43.5. The number of aromatic nitrogens is 3. The van der Waals surface area contributed by atoms with Crippen LogP contribution in [-0.4, -0.2) is 130 Å². The van der Waals surface area contributed by atoms with Crippen molar-refractivity contribution in [3.05, 3.63) is 88.0 Å². The molecule has 86 heavy (non-hydrogen) atoms. The summed E-state index contributed by atoms with van der Waals surface area (Å²) < 4.78 is 146. The van der Waals surface area contributed by atoms with Gasteiger partial charge in [-0.1, -0.05) is 33.5 Å². The van der Waals surface area contributed by atoms with Gasteiger partial charge < -0.3 is 19.8 Å². The number of fused-ring (bicyclic) bond motifs is 5. The van der Waals surface area contributed by atoms with Gasteiger partial charge in [-0.05, 0) is 61.5 Å². The molecule has 0 saturated carbocycles. The Kier molecular flexibility index (Phi) is 20.8. The first-order chi connectivity index (χ1) is 40.5. The number of aromatic hydroxyl groups is 2. The lowest BCUT2D eigenvalue weighted by Gasteiger charge is -2.26. The molecule has 0 aliphatic heterocycles. The zero-order chi connectivity index (χ0) is 63.1. The lowest BCUT2D eigenvalue weighted by atomic mass is 10.1. The maximum Gasteiger partial charge on any atom is 0.296 e. The molecule has 8 rings (SSSR count). The number of rotatable bonds is 24. The number of nitrogens with zero attached hydrogens (tertiary/aromatic N) is 12. The zero-order valence-corrected chi connectivity index (χ0v) is 49.2. The van der Waals surface area contributed by atoms with E-state index in [2.05, 4.69) is 59.4 Å². The second kappa shape index (κ2) is 27.3. The van der Waals surface area contributed by atoms with Gasteiger partial charge in [0.1, 0.15) is 55.4 Å². The molecule has 0 bridgehead atoms. The molecule has 0 saturated heterocycles. The number of hydrogen-bond donors (Lipinski definition) is 8. The fourth-order valence-electron chi connectivity index (χ4n) is 7.99. The van der Waals surface area contributed by atoms with Crippen LogP contribution in [-0.2, 0) is 59.2 Å². The fourth-order valence-corrected chi connectivity index (χ4v) is 11.6. The van der Waals surface area contributed by atoms with Crippen LogP contribution in [0, 0.1) is 28.4 Å². The minimum absolute atomic E-state index is 0.0127. The van der Waals surface area contributed by atoms with Crippen LogP contribution in [0.15, 0.2) is 112 Å². The summed E-state index contributed by atoms with van der Waals surface area (Å²) >= 11 is 1.58. The Labute approximate surface area is 495 Å². The van der Waals surface area contributed by atoms with Crippen LogP contribution < -0.4 is 9.64 Å². The second-order valence-electron chi connectivity index (χ2n) is 17.2. The van der Waals surface area contributed by atoms with E-state index in [1.54, 1.807) is 29.2 Å². The summed E-state index contributed by atoms with van der Waals surface area (Å²) in [6.07, 6.45) is 0.712. The van der Waals surface area contributed by atoms with Crippen LogP contribution in [0.5, 0.6) is 17.4 Å². The van der Waals surface area contributed by atoms with Crippen molar-refractivity contribution in [1.82, 2.24) is 14.4 Å². The summed E-state index contributed by atoms with van der Waals surface area (Å²) in [4.78, 5) is 18.9. The Morgan fingerprint density at radius 2 is 1.45 bits per heavy atom. The number of methoxy groups -OCH3 is 1. The average molecular weight is 1330 g/mol. The highest BCUT2D eigenvalue weighted by atomic mass is 32.2. The molecule has 42 heteroatoms. The average Bonchev–Trinajstić information content (AvgIpc) is 1.47. The highest BCUT2D eigenvalue weighted by molar-refractivity contribution is 7.95. The summed E-state index contributed by atoms with van der Waals surface area (Å²) in [6.45, 7) is 1.31. The van der Waals surface area contributed by atoms with Crippen LogP contribution >= 0.6 is 35.4 Å². The molecule has 8 N–H and O–H groups in total. The van der Waals surface area contributed by atoms with Crippen LogP contribution in [0.2, 0.25) is 0 Å². The molecule has 3 aromatic heterocycles. The number of nitro benzene ring substituents is 1. The molecule has 3 heterocycles. The lowest BCUT2D eigenvalue weighted by Crippen LogP contribution is -2.27. The number of imidazole rings is 1. The molecule has 0 unspecified atom stereocenters. The number of hydrogen-bond acceptors (Lipinski definition) is 32. The number of phenols is 1. The minimum atomic E-state index is -5.17. The molecule has 35 nitrogen and oxygen atoms in total. The van der Waals surface area contributed by atoms with Crippen molar-refractivity contribution in [3.63, 3.8) is 0 Å². The molecule has 0 amide bonds. The van der Waals surface area contributed by atoms with Gasteiger partial charge in [0.15, 0.2) is 17.1 Å². The second-order valence-corrected chi connectivity index (χ2v) is 25.5. The van der Waals surface area contributed by atoms with E-state index < -0.39 is 89.6 Å². The molecular weight excluding hydrogens is 1290 g/mol. The Hall–Kier alpha value is -7.81. The quantitative estimate of drug-likeness (QED) is 0.00530. The Bertz CT molecular complexity index is 4570. The third-order valence-corrected chi connectivity index (χ3v) is 16.1. The number of phenolic OH excluding ortho intramolecular Hbond substituents is 1. The number of nitriles is 1. The van der Waals surface area contributed by atoms with Gasteiger partial charge in [-0.2, -0.15) is 38.9 Å². The van der Waals surface area contributed by atoms with Gasteiger partial charge >= 0.3 is 0 Å². The SMILES string of the molecule is COc1cc(N=Nc2c(SOOO)cc3cc(S(=O)(=O)O)c(N=Nc4c(C)c(C#N)c5nc6ccccc6n5c4O)cc3c2O)c(N(CCCSOOO)CCCS(=O)(=O)O)cc1N=Nc1nc2c(S(=O)(=O)O)cc([N+](=O)[O-])cc2s1.CS(=O)(=O)O. The van der Waals surface area contributed by atoms with Gasteiger partial charge in [-0.15, -0.1) is 39.4 Å². The van der Waals surface area contributed by atoms with Crippen molar-refractivity contribution in [2.45, 2.75) is 34.5 Å². The number of para-hydroxylation sites is 2. The predicted octanol–water partition coefficient (Wildman–Crippen LogP) is 9.97. The molecule has 0 aliphatic rings. The van der Waals surface area contributed by atoms with Gasteiger partial charge in [0, 0.05) is 60.0 Å². The van der Waals surface area contributed by atoms with Gasteiger partial charge in [-0.25, -0.2) is 20.5 Å². The van der Waals surface area contributed by atoms with Crippen LogP contribution in [0.25, 0.3) is 37.7 Å². The van der Waals surface area contributed by atoms with Crippen LogP contribution in [0.4, 0.5) is 44.9 Å². The van der Waals surface area contributed by atoms with E-state index in [0.29, 0.717) is 46.7 Å². The van der Waals surface area contributed by atoms with E-state index >= 15 is 0 Å². The smallest absolute Gasteiger partial charge is 0.296 e. The summed E-state index contributed by atoms with van der Waals surface area (Å²) in [7, 11) is -17.2. The van der Waals surface area contributed by atoms with Crippen molar-refractivity contribution in [2.75, 3.05) is 42.9 Å². The molecule has 0 spiro atoms. The van der Waals surface area contributed by atoms with Gasteiger partial charge in [0.2, 0.25) is 11.0 Å².